The average molecular weight is 208 g/mol. The number of likely N-dealkylation sites (tertiary alicyclic amines) is 1. The van der Waals surface area contributed by atoms with E-state index in [9.17, 15) is 0 Å². The first-order valence-electron chi connectivity index (χ1n) is 6.30. The minimum absolute atomic E-state index is 0.496. The number of hydrogen-bond acceptors (Lipinski definition) is 4. The minimum atomic E-state index is 0.496. The third-order valence-electron chi connectivity index (χ3n) is 3.71. The lowest BCUT2D eigenvalue weighted by molar-refractivity contribution is 0.203. The number of rotatable bonds is 0. The van der Waals surface area contributed by atoms with Gasteiger partial charge in [-0.2, -0.15) is 0 Å². The van der Waals surface area contributed by atoms with E-state index in [1.807, 2.05) is 0 Å². The molecule has 4 nitrogen and oxygen atoms in total. The summed E-state index contributed by atoms with van der Waals surface area (Å²) >= 11 is 0. The van der Waals surface area contributed by atoms with Gasteiger partial charge in [-0.25, -0.2) is 0 Å². The van der Waals surface area contributed by atoms with Crippen LogP contribution in [0.15, 0.2) is 5.10 Å². The first kappa shape index (κ1) is 9.31. The summed E-state index contributed by atoms with van der Waals surface area (Å²) in [4.78, 5) is 4.93. The second-order valence-electron chi connectivity index (χ2n) is 4.79. The van der Waals surface area contributed by atoms with E-state index < -0.39 is 0 Å². The third-order valence-corrected chi connectivity index (χ3v) is 3.71. The second kappa shape index (κ2) is 3.91. The molecule has 3 heterocycles. The van der Waals surface area contributed by atoms with Crippen molar-refractivity contribution < 1.29 is 0 Å². The summed E-state index contributed by atoms with van der Waals surface area (Å²) in [6.07, 6.45) is 8.47. The SMILES string of the molecule is C1CCN(C2=NNC3CCCCN23)CC1. The molecule has 3 aliphatic rings. The Kier molecular flexibility index (Phi) is 2.43. The summed E-state index contributed by atoms with van der Waals surface area (Å²) in [5, 5.41) is 4.52. The van der Waals surface area contributed by atoms with Crippen LogP contribution in [-0.2, 0) is 0 Å². The molecule has 2 saturated heterocycles. The van der Waals surface area contributed by atoms with E-state index in [0.717, 1.165) is 0 Å². The maximum atomic E-state index is 4.52. The molecule has 1 unspecified atom stereocenters. The maximum Gasteiger partial charge on any atom is 0.220 e. The summed E-state index contributed by atoms with van der Waals surface area (Å²) in [7, 11) is 0. The number of guanidine groups is 1. The fraction of sp³-hybridized carbons (Fsp3) is 0.909. The van der Waals surface area contributed by atoms with Crippen LogP contribution in [-0.4, -0.2) is 41.6 Å². The standard InChI is InChI=1S/C11H20N4/c1-3-7-14(8-4-1)11-13-12-10-6-2-5-9-15(10)11/h10,12H,1-9H2. The Balaban J connectivity index is 1.69. The van der Waals surface area contributed by atoms with E-state index in [-0.39, 0.29) is 0 Å². The third kappa shape index (κ3) is 1.66. The molecule has 3 aliphatic heterocycles. The Labute approximate surface area is 91.3 Å². The number of hydrazone groups is 1. The zero-order chi connectivity index (χ0) is 10.1. The zero-order valence-electron chi connectivity index (χ0n) is 9.28. The molecule has 0 spiro atoms. The first-order valence-corrected chi connectivity index (χ1v) is 6.30. The monoisotopic (exact) mass is 208 g/mol. The number of nitrogens with one attached hydrogen (secondary N) is 1. The minimum Gasteiger partial charge on any atom is -0.341 e. The maximum absolute atomic E-state index is 4.52. The van der Waals surface area contributed by atoms with Gasteiger partial charge in [0, 0.05) is 19.6 Å². The van der Waals surface area contributed by atoms with Crippen LogP contribution < -0.4 is 5.43 Å². The van der Waals surface area contributed by atoms with Gasteiger partial charge in [-0.15, -0.1) is 5.10 Å². The zero-order valence-corrected chi connectivity index (χ0v) is 9.28. The van der Waals surface area contributed by atoms with Crippen molar-refractivity contribution in [2.75, 3.05) is 19.6 Å². The highest BCUT2D eigenvalue weighted by Gasteiger charge is 2.33. The highest BCUT2D eigenvalue weighted by molar-refractivity contribution is 5.81. The van der Waals surface area contributed by atoms with Crippen molar-refractivity contribution >= 4 is 5.96 Å². The van der Waals surface area contributed by atoms with Crippen molar-refractivity contribution in [1.29, 1.82) is 0 Å². The summed E-state index contributed by atoms with van der Waals surface area (Å²) in [6.45, 7) is 3.58. The van der Waals surface area contributed by atoms with Crippen molar-refractivity contribution in [3.05, 3.63) is 0 Å². The predicted molar refractivity (Wildman–Crippen MR) is 60.3 cm³/mol. The molecular formula is C11H20N4. The van der Waals surface area contributed by atoms with Crippen molar-refractivity contribution in [3.63, 3.8) is 0 Å². The lowest BCUT2D eigenvalue weighted by Gasteiger charge is -2.37. The van der Waals surface area contributed by atoms with Crippen molar-refractivity contribution in [3.8, 4) is 0 Å². The fourth-order valence-corrected chi connectivity index (χ4v) is 2.85. The molecule has 2 fully saturated rings. The molecule has 4 heteroatoms. The molecule has 0 amide bonds. The molecule has 3 rings (SSSR count). The normalized spacial score (nSPS) is 30.9. The summed E-state index contributed by atoms with van der Waals surface area (Å²) in [5.41, 5.74) is 3.28. The highest BCUT2D eigenvalue weighted by Crippen LogP contribution is 2.22. The van der Waals surface area contributed by atoms with Crippen LogP contribution in [0.2, 0.25) is 0 Å². The van der Waals surface area contributed by atoms with Gasteiger partial charge in [0.2, 0.25) is 5.96 Å². The number of fused-ring (bicyclic) bond motifs is 1. The van der Waals surface area contributed by atoms with Gasteiger partial charge in [0.15, 0.2) is 0 Å². The van der Waals surface area contributed by atoms with Gasteiger partial charge in [0.1, 0.15) is 6.17 Å². The van der Waals surface area contributed by atoms with Gasteiger partial charge in [-0.1, -0.05) is 0 Å². The number of piperidine rings is 2. The molecule has 0 aromatic rings. The summed E-state index contributed by atoms with van der Waals surface area (Å²) < 4.78 is 0. The van der Waals surface area contributed by atoms with Crippen LogP contribution in [0.4, 0.5) is 0 Å². The van der Waals surface area contributed by atoms with Gasteiger partial charge in [0.25, 0.3) is 0 Å². The van der Waals surface area contributed by atoms with Gasteiger partial charge in [-0.05, 0) is 38.5 Å². The molecule has 1 N–H and O–H groups in total. The van der Waals surface area contributed by atoms with Crippen LogP contribution in [0.25, 0.3) is 0 Å². The Morgan fingerprint density at radius 3 is 2.67 bits per heavy atom. The molecule has 84 valence electrons. The van der Waals surface area contributed by atoms with Crippen LogP contribution in [0, 0.1) is 0 Å². The number of nitrogens with zero attached hydrogens (tertiary/aromatic N) is 3. The van der Waals surface area contributed by atoms with Crippen LogP contribution >= 0.6 is 0 Å². The molecule has 0 aromatic heterocycles. The molecule has 0 aliphatic carbocycles. The van der Waals surface area contributed by atoms with E-state index >= 15 is 0 Å². The Bertz CT molecular complexity index is 257. The molecule has 15 heavy (non-hydrogen) atoms. The van der Waals surface area contributed by atoms with Gasteiger partial charge in [0.05, 0.1) is 0 Å². The first-order chi connectivity index (χ1) is 7.45. The Hall–Kier alpha value is -0.930. The van der Waals surface area contributed by atoms with Gasteiger partial charge in [-0.3, -0.25) is 5.43 Å². The summed E-state index contributed by atoms with van der Waals surface area (Å²) in [6, 6.07) is 0. The Morgan fingerprint density at radius 2 is 1.80 bits per heavy atom. The fourth-order valence-electron chi connectivity index (χ4n) is 2.85. The average Bonchev–Trinajstić information content (AvgIpc) is 2.74. The summed E-state index contributed by atoms with van der Waals surface area (Å²) in [5.74, 6) is 1.22. The molecular weight excluding hydrogens is 188 g/mol. The second-order valence-corrected chi connectivity index (χ2v) is 4.79. The number of hydrogen-bond donors (Lipinski definition) is 1. The largest absolute Gasteiger partial charge is 0.341 e. The quantitative estimate of drug-likeness (QED) is 0.648. The van der Waals surface area contributed by atoms with Crippen LogP contribution in [0.3, 0.4) is 0 Å². The predicted octanol–water partition coefficient (Wildman–Crippen LogP) is 1.16. The highest BCUT2D eigenvalue weighted by atomic mass is 15.6. The van der Waals surface area contributed by atoms with E-state index in [4.69, 9.17) is 0 Å². The molecule has 0 saturated carbocycles. The van der Waals surface area contributed by atoms with E-state index in [1.165, 1.54) is 64.1 Å². The van der Waals surface area contributed by atoms with Crippen molar-refractivity contribution in [2.24, 2.45) is 5.10 Å². The van der Waals surface area contributed by atoms with E-state index in [0.29, 0.717) is 6.17 Å². The lowest BCUT2D eigenvalue weighted by Crippen LogP contribution is -2.50. The van der Waals surface area contributed by atoms with Crippen LogP contribution in [0.1, 0.15) is 38.5 Å². The van der Waals surface area contributed by atoms with E-state index in [1.54, 1.807) is 0 Å². The topological polar surface area (TPSA) is 30.9 Å². The van der Waals surface area contributed by atoms with Crippen molar-refractivity contribution in [2.45, 2.75) is 44.7 Å². The molecule has 0 radical (unpaired) electrons. The van der Waals surface area contributed by atoms with Gasteiger partial charge >= 0.3 is 0 Å². The van der Waals surface area contributed by atoms with Crippen molar-refractivity contribution in [1.82, 2.24) is 15.2 Å². The molecule has 0 aromatic carbocycles. The van der Waals surface area contributed by atoms with Gasteiger partial charge < -0.3 is 9.80 Å². The smallest absolute Gasteiger partial charge is 0.220 e. The Morgan fingerprint density at radius 1 is 1.00 bits per heavy atom. The van der Waals surface area contributed by atoms with E-state index in [2.05, 4.69) is 20.3 Å². The molecule has 0 bridgehead atoms. The lowest BCUT2D eigenvalue weighted by atomic mass is 10.1. The molecule has 1 atom stereocenters. The van der Waals surface area contributed by atoms with Crippen LogP contribution in [0.5, 0.6) is 0 Å².